The third kappa shape index (κ3) is 5.34. The minimum absolute atomic E-state index is 0.0115. The van der Waals surface area contributed by atoms with E-state index in [0.29, 0.717) is 11.1 Å². The van der Waals surface area contributed by atoms with E-state index >= 15 is 0 Å². The van der Waals surface area contributed by atoms with E-state index in [-0.39, 0.29) is 37.3 Å². The summed E-state index contributed by atoms with van der Waals surface area (Å²) in [5.41, 5.74) is -1.55. The third-order valence-electron chi connectivity index (χ3n) is 5.99. The lowest BCUT2D eigenvalue weighted by Crippen LogP contribution is -2.47. The molecular weight excluding hydrogens is 482 g/mol. The minimum atomic E-state index is -4.64. The summed E-state index contributed by atoms with van der Waals surface area (Å²) >= 11 is 0. The number of alkyl halides is 5. The number of ether oxygens (including phenoxy) is 1. The van der Waals surface area contributed by atoms with Crippen molar-refractivity contribution in [3.63, 3.8) is 0 Å². The normalized spacial score (nSPS) is 21.4. The Bertz CT molecular complexity index is 1110. The van der Waals surface area contributed by atoms with Crippen molar-refractivity contribution >= 4 is 11.8 Å². The number of carbonyl (C=O) groups is 2. The van der Waals surface area contributed by atoms with Crippen molar-refractivity contribution in [2.24, 2.45) is 5.41 Å². The number of carbonyl (C=O) groups excluding carboxylic acids is 2. The minimum Gasteiger partial charge on any atom is -0.417 e. The Hall–Kier alpha value is -3.35. The smallest absolute Gasteiger partial charge is 0.403 e. The molecule has 2 unspecified atom stereocenters. The standard InChI is InChI=1S/C22H20F6N4O3/c23-14-3-1-11(9-30-19(34)21(5-6-21)22(26,27)28)7-13(14)18-31-15(8-16(33)32-18)12-2-4-17(29-10-12)35-20(24)25/h1-4,7,10,15,18,20,31H,5-6,8-9H2,(H,30,34)(H,32,33). The van der Waals surface area contributed by atoms with Crippen LogP contribution in [0.3, 0.4) is 0 Å². The molecule has 2 aliphatic rings. The number of amides is 2. The summed E-state index contributed by atoms with van der Waals surface area (Å²) in [6.45, 7) is -3.30. The van der Waals surface area contributed by atoms with Gasteiger partial charge in [-0.15, -0.1) is 0 Å². The predicted molar refractivity (Wildman–Crippen MR) is 108 cm³/mol. The zero-order valence-corrected chi connectivity index (χ0v) is 18.0. The van der Waals surface area contributed by atoms with Crippen molar-refractivity contribution in [1.82, 2.24) is 20.9 Å². The average Bonchev–Trinajstić information content (AvgIpc) is 3.60. The summed E-state index contributed by atoms with van der Waals surface area (Å²) in [5.74, 6) is -2.55. The number of hydrogen-bond donors (Lipinski definition) is 3. The van der Waals surface area contributed by atoms with Gasteiger partial charge < -0.3 is 15.4 Å². The summed E-state index contributed by atoms with van der Waals surface area (Å²) in [5, 5.41) is 7.87. The van der Waals surface area contributed by atoms with Crippen molar-refractivity contribution in [2.45, 2.75) is 50.8 Å². The maximum Gasteiger partial charge on any atom is 0.403 e. The molecule has 1 aromatic carbocycles. The second-order valence-corrected chi connectivity index (χ2v) is 8.35. The Kier molecular flexibility index (Phi) is 6.62. The van der Waals surface area contributed by atoms with E-state index in [4.69, 9.17) is 0 Å². The maximum atomic E-state index is 14.6. The van der Waals surface area contributed by atoms with Gasteiger partial charge in [0.1, 0.15) is 17.4 Å². The molecular formula is C22H20F6N4O3. The number of nitrogens with one attached hydrogen (secondary N) is 3. The topological polar surface area (TPSA) is 92.3 Å². The van der Waals surface area contributed by atoms with E-state index in [9.17, 15) is 35.9 Å². The predicted octanol–water partition coefficient (Wildman–Crippen LogP) is 3.63. The van der Waals surface area contributed by atoms with E-state index < -0.39 is 48.0 Å². The van der Waals surface area contributed by atoms with Crippen molar-refractivity contribution in [3.8, 4) is 5.88 Å². The number of hydrogen-bond acceptors (Lipinski definition) is 5. The molecule has 0 bridgehead atoms. The molecule has 2 amide bonds. The monoisotopic (exact) mass is 502 g/mol. The molecule has 3 N–H and O–H groups in total. The molecule has 2 aromatic rings. The van der Waals surface area contributed by atoms with Gasteiger partial charge in [0.25, 0.3) is 0 Å². The first-order valence-electron chi connectivity index (χ1n) is 10.6. The summed E-state index contributed by atoms with van der Waals surface area (Å²) < 4.78 is 82.8. The molecule has 0 spiro atoms. The van der Waals surface area contributed by atoms with E-state index in [2.05, 4.69) is 25.7 Å². The molecule has 35 heavy (non-hydrogen) atoms. The number of rotatable bonds is 7. The number of pyridine rings is 1. The molecule has 1 saturated carbocycles. The summed E-state index contributed by atoms with van der Waals surface area (Å²) in [7, 11) is 0. The van der Waals surface area contributed by atoms with Gasteiger partial charge >= 0.3 is 12.8 Å². The SMILES string of the molecule is O=C1CC(c2ccc(OC(F)F)nc2)NC(c2cc(CNC(=O)C3(C(F)(F)F)CC3)ccc2F)N1. The van der Waals surface area contributed by atoms with Gasteiger partial charge in [-0.2, -0.15) is 22.0 Å². The van der Waals surface area contributed by atoms with Gasteiger partial charge in [-0.3, -0.25) is 14.9 Å². The second kappa shape index (κ2) is 9.36. The van der Waals surface area contributed by atoms with Crippen LogP contribution in [0.25, 0.3) is 0 Å². The first-order valence-corrected chi connectivity index (χ1v) is 10.6. The summed E-state index contributed by atoms with van der Waals surface area (Å²) in [6, 6.07) is 5.76. The van der Waals surface area contributed by atoms with Gasteiger partial charge in [0.15, 0.2) is 0 Å². The lowest BCUT2D eigenvalue weighted by molar-refractivity contribution is -0.192. The van der Waals surface area contributed by atoms with E-state index in [1.807, 2.05) is 0 Å². The highest BCUT2D eigenvalue weighted by Crippen LogP contribution is 2.57. The molecule has 188 valence electrons. The van der Waals surface area contributed by atoms with Crippen LogP contribution >= 0.6 is 0 Å². The fourth-order valence-corrected chi connectivity index (χ4v) is 3.89. The largest absolute Gasteiger partial charge is 0.417 e. The molecule has 1 saturated heterocycles. The molecule has 0 radical (unpaired) electrons. The van der Waals surface area contributed by atoms with Crippen LogP contribution in [-0.4, -0.2) is 29.6 Å². The van der Waals surface area contributed by atoms with Crippen LogP contribution < -0.4 is 20.7 Å². The van der Waals surface area contributed by atoms with Gasteiger partial charge in [0.2, 0.25) is 17.7 Å². The highest BCUT2D eigenvalue weighted by Gasteiger charge is 2.68. The van der Waals surface area contributed by atoms with Crippen LogP contribution in [0.2, 0.25) is 0 Å². The van der Waals surface area contributed by atoms with Gasteiger partial charge in [-0.25, -0.2) is 9.37 Å². The molecule has 1 aromatic heterocycles. The highest BCUT2D eigenvalue weighted by molar-refractivity contribution is 5.86. The Labute approximate surface area is 195 Å². The van der Waals surface area contributed by atoms with Crippen LogP contribution in [0.5, 0.6) is 5.88 Å². The van der Waals surface area contributed by atoms with Gasteiger partial charge in [0.05, 0.1) is 0 Å². The van der Waals surface area contributed by atoms with Crippen LogP contribution in [0.15, 0.2) is 36.5 Å². The molecule has 2 atom stereocenters. The molecule has 4 rings (SSSR count). The van der Waals surface area contributed by atoms with Crippen LogP contribution in [0.1, 0.15) is 48.2 Å². The number of nitrogens with zero attached hydrogens (tertiary/aromatic N) is 1. The summed E-state index contributed by atoms with van der Waals surface area (Å²) in [4.78, 5) is 28.1. The Morgan fingerprint density at radius 1 is 1.23 bits per heavy atom. The zero-order chi connectivity index (χ0) is 25.4. The van der Waals surface area contributed by atoms with Crippen molar-refractivity contribution in [1.29, 1.82) is 0 Å². The quantitative estimate of drug-likeness (QED) is 0.503. The van der Waals surface area contributed by atoms with Crippen molar-refractivity contribution in [3.05, 3.63) is 59.0 Å². The van der Waals surface area contributed by atoms with Crippen LogP contribution in [-0.2, 0) is 16.1 Å². The molecule has 1 aliphatic heterocycles. The van der Waals surface area contributed by atoms with Crippen LogP contribution in [0.4, 0.5) is 26.3 Å². The van der Waals surface area contributed by atoms with Gasteiger partial charge in [-0.1, -0.05) is 12.1 Å². The van der Waals surface area contributed by atoms with Crippen molar-refractivity contribution in [2.75, 3.05) is 0 Å². The fourth-order valence-electron chi connectivity index (χ4n) is 3.89. The highest BCUT2D eigenvalue weighted by atomic mass is 19.4. The average molecular weight is 502 g/mol. The number of aromatic nitrogens is 1. The molecule has 13 heteroatoms. The lowest BCUT2D eigenvalue weighted by atomic mass is 9.99. The second-order valence-electron chi connectivity index (χ2n) is 8.35. The first-order chi connectivity index (χ1) is 16.5. The van der Waals surface area contributed by atoms with E-state index in [1.54, 1.807) is 0 Å². The number of halogens is 6. The first kappa shape index (κ1) is 24.8. The number of benzene rings is 1. The molecule has 2 heterocycles. The zero-order valence-electron chi connectivity index (χ0n) is 18.0. The van der Waals surface area contributed by atoms with E-state index in [0.717, 1.165) is 6.07 Å². The Morgan fingerprint density at radius 3 is 2.57 bits per heavy atom. The fraction of sp³-hybridized carbons (Fsp3) is 0.409. The lowest BCUT2D eigenvalue weighted by Gasteiger charge is -2.32. The third-order valence-corrected chi connectivity index (χ3v) is 5.99. The molecule has 2 fully saturated rings. The molecule has 7 nitrogen and oxygen atoms in total. The molecule has 1 aliphatic carbocycles. The maximum absolute atomic E-state index is 14.6. The van der Waals surface area contributed by atoms with Gasteiger partial charge in [0, 0.05) is 36.8 Å². The Morgan fingerprint density at radius 2 is 1.97 bits per heavy atom. The Balaban J connectivity index is 1.46. The van der Waals surface area contributed by atoms with Crippen LogP contribution in [0, 0.1) is 11.2 Å². The van der Waals surface area contributed by atoms with Crippen molar-refractivity contribution < 1.29 is 40.7 Å². The van der Waals surface area contributed by atoms with Gasteiger partial charge in [-0.05, 0) is 36.1 Å². The van der Waals surface area contributed by atoms with E-state index in [1.165, 1.54) is 30.5 Å². The summed E-state index contributed by atoms with van der Waals surface area (Å²) in [6.07, 6.45) is -4.99.